The number of benzene rings is 2. The number of alkyl halides is 6. The molecule has 2 aliphatic rings. The van der Waals surface area contributed by atoms with E-state index in [-0.39, 0.29) is 44.8 Å². The van der Waals surface area contributed by atoms with E-state index < -0.39 is 93.2 Å². The van der Waals surface area contributed by atoms with Gasteiger partial charge in [-0.15, -0.1) is 0 Å². The maximum Gasteiger partial charge on any atom is 0.433 e. The molecule has 2 aromatic carbocycles. The molecule has 0 bridgehead atoms. The first kappa shape index (κ1) is 49.0. The van der Waals surface area contributed by atoms with E-state index in [0.29, 0.717) is 63.8 Å². The van der Waals surface area contributed by atoms with Crippen LogP contribution in [0.4, 0.5) is 40.8 Å². The van der Waals surface area contributed by atoms with Crippen molar-refractivity contribution in [3.63, 3.8) is 0 Å². The first-order valence-electron chi connectivity index (χ1n) is 19.8. The maximum absolute atomic E-state index is 15.6. The Morgan fingerprint density at radius 3 is 2.13 bits per heavy atom. The number of halogens is 8. The number of carbonyl (C=O) groups is 2. The van der Waals surface area contributed by atoms with Crippen molar-refractivity contribution >= 4 is 17.5 Å². The van der Waals surface area contributed by atoms with Gasteiger partial charge in [-0.1, -0.05) is 18.9 Å². The van der Waals surface area contributed by atoms with Crippen LogP contribution in [0.1, 0.15) is 42.5 Å². The van der Waals surface area contributed by atoms with Gasteiger partial charge in [-0.25, -0.2) is 19.4 Å². The van der Waals surface area contributed by atoms with Gasteiger partial charge < -0.3 is 39.0 Å². The van der Waals surface area contributed by atoms with Crippen molar-refractivity contribution in [3.8, 4) is 17.0 Å². The lowest BCUT2D eigenvalue weighted by Gasteiger charge is -2.48. The first-order chi connectivity index (χ1) is 29.9. The number of amides is 2. The van der Waals surface area contributed by atoms with Gasteiger partial charge in [0, 0.05) is 38.4 Å². The van der Waals surface area contributed by atoms with Crippen molar-refractivity contribution in [3.05, 3.63) is 82.5 Å². The average molecular weight is 905 g/mol. The van der Waals surface area contributed by atoms with Gasteiger partial charge in [0.25, 0.3) is 11.8 Å². The summed E-state index contributed by atoms with van der Waals surface area (Å²) in [5.74, 6) is -6.37. The molecule has 63 heavy (non-hydrogen) atoms. The van der Waals surface area contributed by atoms with Crippen molar-refractivity contribution in [1.82, 2.24) is 24.9 Å². The minimum atomic E-state index is -5.00. The molecule has 2 N–H and O–H groups in total. The number of carbonyl (C=O) groups excluding carboxylic acids is 2. The van der Waals surface area contributed by atoms with Crippen molar-refractivity contribution in [1.29, 1.82) is 0 Å². The number of hydrazine groups is 1. The third kappa shape index (κ3) is 12.2. The molecule has 1 saturated carbocycles. The fourth-order valence-corrected chi connectivity index (χ4v) is 7.07. The number of aliphatic hydroxyl groups is 1. The first-order valence-corrected chi connectivity index (χ1v) is 19.8. The second-order valence-electron chi connectivity index (χ2n) is 14.7. The predicted molar refractivity (Wildman–Crippen MR) is 209 cm³/mol. The molecule has 0 unspecified atom stereocenters. The smallest absolute Gasteiger partial charge is 0.433 e. The number of hydrogen-bond acceptors (Lipinski definition) is 12. The van der Waals surface area contributed by atoms with Crippen LogP contribution in [-0.2, 0) is 47.4 Å². The van der Waals surface area contributed by atoms with E-state index in [1.165, 1.54) is 18.1 Å². The van der Waals surface area contributed by atoms with Crippen LogP contribution in [0, 0.1) is 11.6 Å². The van der Waals surface area contributed by atoms with Crippen molar-refractivity contribution in [2.24, 2.45) is 0 Å². The molecule has 3 aromatic rings. The number of nitrogens with zero attached hydrogens (tertiary/aromatic N) is 5. The van der Waals surface area contributed by atoms with Gasteiger partial charge in [0.2, 0.25) is 5.82 Å². The SMILES string of the molecule is COCCN(C)CCOCCOCCOCCOc1ccc(CN2C(=O)C(C(=O)Nc3ccc(C(F)(F)F)cc3-c3cc(C(F)(F)F)ncn3)=C(O)C3(CCCC3)N2C)c(F)c1F. The van der Waals surface area contributed by atoms with Crippen LogP contribution in [0.5, 0.6) is 5.75 Å². The quantitative estimate of drug-likeness (QED) is 0.0691. The van der Waals surface area contributed by atoms with E-state index in [1.807, 2.05) is 7.05 Å². The molecule has 2 heterocycles. The summed E-state index contributed by atoms with van der Waals surface area (Å²) in [6.45, 7) is 3.18. The van der Waals surface area contributed by atoms with Crippen LogP contribution in [0.25, 0.3) is 11.3 Å². The lowest BCUT2D eigenvalue weighted by molar-refractivity contribution is -0.163. The Morgan fingerprint density at radius 1 is 0.857 bits per heavy atom. The van der Waals surface area contributed by atoms with Gasteiger partial charge in [-0.05, 0) is 50.2 Å². The lowest BCUT2D eigenvalue weighted by atomic mass is 9.88. The molecule has 1 aliphatic carbocycles. The second kappa shape index (κ2) is 21.6. The number of likely N-dealkylation sites (N-methyl/N-ethyl adjacent to an activating group) is 2. The molecule has 1 fully saturated rings. The zero-order chi connectivity index (χ0) is 46.0. The zero-order valence-corrected chi connectivity index (χ0v) is 34.7. The molecule has 2 amide bonds. The Bertz CT molecular complexity index is 2080. The minimum Gasteiger partial charge on any atom is -0.509 e. The summed E-state index contributed by atoms with van der Waals surface area (Å²) in [5.41, 5.74) is -7.09. The van der Waals surface area contributed by atoms with Crippen LogP contribution in [0.15, 0.2) is 54.1 Å². The number of aliphatic hydroxyl groups excluding tert-OH is 1. The average Bonchev–Trinajstić information content (AvgIpc) is 3.74. The molecule has 5 rings (SSSR count). The molecular formula is C41H48F8N6O8. The lowest BCUT2D eigenvalue weighted by Crippen LogP contribution is -2.62. The van der Waals surface area contributed by atoms with E-state index in [9.17, 15) is 41.0 Å². The predicted octanol–water partition coefficient (Wildman–Crippen LogP) is 6.42. The zero-order valence-electron chi connectivity index (χ0n) is 34.7. The van der Waals surface area contributed by atoms with E-state index >= 15 is 8.78 Å². The van der Waals surface area contributed by atoms with Gasteiger partial charge in [0.15, 0.2) is 11.6 Å². The Balaban J connectivity index is 1.24. The van der Waals surface area contributed by atoms with E-state index in [1.54, 1.807) is 7.11 Å². The molecular weight excluding hydrogens is 856 g/mol. The number of methoxy groups -OCH3 is 1. The van der Waals surface area contributed by atoms with Crippen LogP contribution < -0.4 is 10.1 Å². The number of hydrogen-bond donors (Lipinski definition) is 2. The van der Waals surface area contributed by atoms with Crippen LogP contribution in [0.3, 0.4) is 0 Å². The van der Waals surface area contributed by atoms with Gasteiger partial charge in [0.05, 0.1) is 75.3 Å². The molecule has 1 aliphatic heterocycles. The summed E-state index contributed by atoms with van der Waals surface area (Å²) in [6.07, 6.45) is -8.00. The van der Waals surface area contributed by atoms with E-state index in [2.05, 4.69) is 20.2 Å². The summed E-state index contributed by atoms with van der Waals surface area (Å²) in [6, 6.07) is 4.50. The number of aromatic nitrogens is 2. The molecule has 14 nitrogen and oxygen atoms in total. The maximum atomic E-state index is 15.6. The van der Waals surface area contributed by atoms with Gasteiger partial charge >= 0.3 is 12.4 Å². The largest absolute Gasteiger partial charge is 0.509 e. The molecule has 22 heteroatoms. The van der Waals surface area contributed by atoms with Crippen molar-refractivity contribution in [2.75, 3.05) is 92.5 Å². The van der Waals surface area contributed by atoms with Crippen molar-refractivity contribution in [2.45, 2.75) is 50.1 Å². The summed E-state index contributed by atoms with van der Waals surface area (Å²) in [7, 11) is 5.02. The minimum absolute atomic E-state index is 0.0218. The molecule has 1 aromatic heterocycles. The Morgan fingerprint density at radius 2 is 1.49 bits per heavy atom. The third-order valence-electron chi connectivity index (χ3n) is 10.6. The van der Waals surface area contributed by atoms with E-state index in [0.717, 1.165) is 30.2 Å². The number of anilines is 1. The summed E-state index contributed by atoms with van der Waals surface area (Å²) < 4.78 is 140. The topological polar surface area (TPSA) is 148 Å². The normalized spacial score (nSPS) is 15.9. The summed E-state index contributed by atoms with van der Waals surface area (Å²) >= 11 is 0. The van der Waals surface area contributed by atoms with Crippen LogP contribution in [-0.4, -0.2) is 134 Å². The number of ether oxygens (including phenoxy) is 5. The van der Waals surface area contributed by atoms with E-state index in [4.69, 9.17) is 23.7 Å². The monoisotopic (exact) mass is 904 g/mol. The Hall–Kier alpha value is -5.00. The highest BCUT2D eigenvalue weighted by atomic mass is 19.4. The van der Waals surface area contributed by atoms with Gasteiger partial charge in [-0.2, -0.15) is 30.7 Å². The summed E-state index contributed by atoms with van der Waals surface area (Å²) in [4.78, 5) is 37.0. The second-order valence-corrected chi connectivity index (χ2v) is 14.7. The Kier molecular flexibility index (Phi) is 16.8. The van der Waals surface area contributed by atoms with Crippen molar-refractivity contribution < 1.29 is 73.5 Å². The van der Waals surface area contributed by atoms with Gasteiger partial charge in [-0.3, -0.25) is 14.6 Å². The fourth-order valence-electron chi connectivity index (χ4n) is 7.07. The fraction of sp³-hybridized carbons (Fsp3) is 0.512. The molecule has 0 radical (unpaired) electrons. The Labute approximate surface area is 357 Å². The van der Waals surface area contributed by atoms with Crippen LogP contribution >= 0.6 is 0 Å². The molecule has 0 atom stereocenters. The summed E-state index contributed by atoms with van der Waals surface area (Å²) in [5, 5.41) is 16.1. The number of rotatable bonds is 21. The standard InChI is InChI=1S/C41H48F8N6O8/c1-53(12-14-59-3)13-15-60-16-17-61-18-19-62-20-21-63-31-9-6-26(34(42)35(31)43)24-55-38(58)33(36(56)39(54(55)2)10-4-5-11-39)37(57)52-29-8-7-27(40(44,45)46)22-28(29)30-23-32(41(47,48)49)51-25-50-30/h6-9,22-23,25,56H,4-5,10-21,24H2,1-3H3,(H,52,57). The molecule has 346 valence electrons. The van der Waals surface area contributed by atoms with Gasteiger partial charge in [0.1, 0.15) is 30.0 Å². The highest BCUT2D eigenvalue weighted by Crippen LogP contribution is 2.45. The molecule has 0 saturated heterocycles. The highest BCUT2D eigenvalue weighted by Gasteiger charge is 2.53. The molecule has 1 spiro atoms. The van der Waals surface area contributed by atoms with Crippen LogP contribution in [0.2, 0.25) is 0 Å². The highest BCUT2D eigenvalue weighted by molar-refractivity contribution is 6.24. The third-order valence-corrected chi connectivity index (χ3v) is 10.6. The number of nitrogens with one attached hydrogen (secondary N) is 1.